The largest absolute Gasteiger partial charge is 0.353 e. The molecule has 0 bridgehead atoms. The molecule has 7 nitrogen and oxygen atoms in total. The third-order valence-corrected chi connectivity index (χ3v) is 7.55. The molecule has 0 saturated heterocycles. The second kappa shape index (κ2) is 9.47. The number of fused-ring (bicyclic) bond motifs is 2. The Morgan fingerprint density at radius 2 is 1.64 bits per heavy atom. The summed E-state index contributed by atoms with van der Waals surface area (Å²) < 4.78 is 13.5. The van der Waals surface area contributed by atoms with Gasteiger partial charge in [-0.15, -0.1) is 0 Å². The van der Waals surface area contributed by atoms with Gasteiger partial charge in [-0.1, -0.05) is 18.9 Å². The van der Waals surface area contributed by atoms with Gasteiger partial charge in [0.1, 0.15) is 11.5 Å². The summed E-state index contributed by atoms with van der Waals surface area (Å²) in [5, 5.41) is 12.7. The first kappa shape index (κ1) is 23.3. The van der Waals surface area contributed by atoms with E-state index in [1.165, 1.54) is 12.1 Å². The van der Waals surface area contributed by atoms with E-state index in [1.807, 2.05) is 30.3 Å². The topological polar surface area (TPSA) is 99.3 Å². The summed E-state index contributed by atoms with van der Waals surface area (Å²) >= 11 is 0. The molecule has 0 aliphatic heterocycles. The average Bonchev–Trinajstić information content (AvgIpc) is 3.73. The lowest BCUT2D eigenvalue weighted by Gasteiger charge is -2.11. The minimum Gasteiger partial charge on any atom is -0.353 e. The van der Waals surface area contributed by atoms with Gasteiger partial charge in [0, 0.05) is 45.7 Å². The van der Waals surface area contributed by atoms with Crippen molar-refractivity contribution in [1.82, 2.24) is 25.1 Å². The molecular weight excluding hydrogens is 491 g/mol. The van der Waals surface area contributed by atoms with Crippen LogP contribution in [0.5, 0.6) is 0 Å². The number of aromatic nitrogens is 5. The van der Waals surface area contributed by atoms with Crippen molar-refractivity contribution in [1.29, 1.82) is 0 Å². The summed E-state index contributed by atoms with van der Waals surface area (Å²) in [6, 6.07) is 18.4. The molecule has 1 amide bonds. The van der Waals surface area contributed by atoms with Crippen molar-refractivity contribution in [3.8, 4) is 33.8 Å². The van der Waals surface area contributed by atoms with Crippen LogP contribution in [0.4, 0.5) is 10.1 Å². The van der Waals surface area contributed by atoms with E-state index >= 15 is 0 Å². The molecule has 1 aliphatic rings. The smallest absolute Gasteiger partial charge is 0.227 e. The van der Waals surface area contributed by atoms with E-state index in [4.69, 9.17) is 0 Å². The van der Waals surface area contributed by atoms with Gasteiger partial charge in [-0.05, 0) is 73.0 Å². The molecule has 39 heavy (non-hydrogen) atoms. The molecule has 7 rings (SSSR count). The first-order chi connectivity index (χ1) is 19.1. The maximum Gasteiger partial charge on any atom is 0.227 e. The van der Waals surface area contributed by atoms with Gasteiger partial charge >= 0.3 is 0 Å². The number of amides is 1. The summed E-state index contributed by atoms with van der Waals surface area (Å²) in [5.74, 6) is -0.114. The Bertz CT molecular complexity index is 1830. The van der Waals surface area contributed by atoms with Gasteiger partial charge in [0.2, 0.25) is 5.91 Å². The Balaban J connectivity index is 1.24. The molecule has 4 aromatic heterocycles. The first-order valence-electron chi connectivity index (χ1n) is 13.1. The number of nitrogens with zero attached hydrogens (tertiary/aromatic N) is 3. The molecule has 0 spiro atoms. The Hall–Kier alpha value is -4.85. The summed E-state index contributed by atoms with van der Waals surface area (Å²) in [6.45, 7) is 0. The molecular formula is C31H25FN6O. The highest BCUT2D eigenvalue weighted by molar-refractivity contribution is 6.01. The molecule has 1 aliphatic carbocycles. The van der Waals surface area contributed by atoms with E-state index in [9.17, 15) is 9.18 Å². The molecule has 2 aromatic carbocycles. The molecule has 4 heterocycles. The summed E-state index contributed by atoms with van der Waals surface area (Å²) in [4.78, 5) is 25.1. The molecule has 0 unspecified atom stereocenters. The number of hydrogen-bond donors (Lipinski definition) is 3. The Morgan fingerprint density at radius 1 is 0.846 bits per heavy atom. The van der Waals surface area contributed by atoms with Crippen LogP contribution in [0.1, 0.15) is 25.7 Å². The van der Waals surface area contributed by atoms with Crippen molar-refractivity contribution >= 4 is 33.4 Å². The number of hydrogen-bond acceptors (Lipinski definition) is 4. The van der Waals surface area contributed by atoms with E-state index in [0.29, 0.717) is 5.69 Å². The zero-order chi connectivity index (χ0) is 26.3. The Kier molecular flexibility index (Phi) is 5.65. The highest BCUT2D eigenvalue weighted by Crippen LogP contribution is 2.35. The van der Waals surface area contributed by atoms with E-state index < -0.39 is 0 Å². The van der Waals surface area contributed by atoms with Crippen LogP contribution in [0.15, 0.2) is 79.3 Å². The fraction of sp³-hybridized carbons (Fsp3) is 0.161. The van der Waals surface area contributed by atoms with Crippen molar-refractivity contribution in [3.63, 3.8) is 0 Å². The van der Waals surface area contributed by atoms with Gasteiger partial charge < -0.3 is 10.3 Å². The fourth-order valence-electron chi connectivity index (χ4n) is 5.52. The summed E-state index contributed by atoms with van der Waals surface area (Å²) in [5.41, 5.74) is 7.66. The Labute approximate surface area is 223 Å². The first-order valence-corrected chi connectivity index (χ1v) is 13.1. The minimum absolute atomic E-state index is 0.0762. The number of pyridine rings is 2. The maximum atomic E-state index is 13.5. The monoisotopic (exact) mass is 516 g/mol. The SMILES string of the molecule is O=C(Nc1cncc(-c2ccc3[nH]nc(-c4cc5c(-c6ccc(F)cc6)nccc5[nH]4)c3c2)c1)C1CCCC1. The zero-order valence-electron chi connectivity index (χ0n) is 21.0. The minimum atomic E-state index is -0.281. The van der Waals surface area contributed by atoms with E-state index in [2.05, 4.69) is 36.5 Å². The highest BCUT2D eigenvalue weighted by Gasteiger charge is 2.23. The molecule has 0 atom stereocenters. The van der Waals surface area contributed by atoms with Crippen LogP contribution in [-0.2, 0) is 4.79 Å². The maximum absolute atomic E-state index is 13.5. The second-order valence-corrected chi connectivity index (χ2v) is 10.1. The molecule has 3 N–H and O–H groups in total. The number of anilines is 1. The summed E-state index contributed by atoms with van der Waals surface area (Å²) in [7, 11) is 0. The van der Waals surface area contributed by atoms with Crippen LogP contribution in [0.2, 0.25) is 0 Å². The van der Waals surface area contributed by atoms with Gasteiger partial charge in [0.15, 0.2) is 0 Å². The highest BCUT2D eigenvalue weighted by atomic mass is 19.1. The average molecular weight is 517 g/mol. The van der Waals surface area contributed by atoms with Crippen LogP contribution in [-0.4, -0.2) is 31.1 Å². The number of nitrogens with one attached hydrogen (secondary N) is 3. The van der Waals surface area contributed by atoms with Crippen LogP contribution in [0.3, 0.4) is 0 Å². The Morgan fingerprint density at radius 3 is 2.49 bits per heavy atom. The van der Waals surface area contributed by atoms with Crippen molar-refractivity contribution in [2.75, 3.05) is 5.32 Å². The lowest BCUT2D eigenvalue weighted by atomic mass is 10.0. The fourth-order valence-corrected chi connectivity index (χ4v) is 5.52. The van der Waals surface area contributed by atoms with Crippen LogP contribution in [0, 0.1) is 11.7 Å². The van der Waals surface area contributed by atoms with E-state index in [0.717, 1.165) is 81.3 Å². The van der Waals surface area contributed by atoms with Crippen molar-refractivity contribution in [2.24, 2.45) is 5.92 Å². The number of benzene rings is 2. The van der Waals surface area contributed by atoms with Crippen molar-refractivity contribution < 1.29 is 9.18 Å². The molecule has 6 aromatic rings. The number of carbonyl (C=O) groups excluding carboxylic acids is 1. The molecule has 1 saturated carbocycles. The number of rotatable bonds is 5. The molecule has 8 heteroatoms. The van der Waals surface area contributed by atoms with E-state index in [-0.39, 0.29) is 17.6 Å². The van der Waals surface area contributed by atoms with Gasteiger partial charge in [0.25, 0.3) is 0 Å². The number of carbonyl (C=O) groups is 1. The van der Waals surface area contributed by atoms with Crippen molar-refractivity contribution in [2.45, 2.75) is 25.7 Å². The standard InChI is InChI=1S/C31H25FN6O/c32-22-8-5-18(6-9-22)29-25-15-28(36-26(25)11-12-34-29)30-24-14-20(7-10-27(24)37-38-30)21-13-23(17-33-16-21)35-31(39)19-3-1-2-4-19/h5-17,19,36H,1-4H2,(H,35,39)(H,37,38). The number of halogens is 1. The lowest BCUT2D eigenvalue weighted by Crippen LogP contribution is -2.20. The van der Waals surface area contributed by atoms with Gasteiger partial charge in [0.05, 0.1) is 28.8 Å². The quantitative estimate of drug-likeness (QED) is 0.227. The van der Waals surface area contributed by atoms with Gasteiger partial charge in [-0.25, -0.2) is 4.39 Å². The van der Waals surface area contributed by atoms with Crippen molar-refractivity contribution in [3.05, 3.63) is 85.1 Å². The third kappa shape index (κ3) is 4.33. The van der Waals surface area contributed by atoms with Crippen LogP contribution < -0.4 is 5.32 Å². The second-order valence-electron chi connectivity index (χ2n) is 10.1. The predicted molar refractivity (Wildman–Crippen MR) is 150 cm³/mol. The molecule has 0 radical (unpaired) electrons. The third-order valence-electron chi connectivity index (χ3n) is 7.55. The van der Waals surface area contributed by atoms with E-state index in [1.54, 1.807) is 30.7 Å². The lowest BCUT2D eigenvalue weighted by molar-refractivity contribution is -0.119. The molecule has 1 fully saturated rings. The molecule has 192 valence electrons. The zero-order valence-corrected chi connectivity index (χ0v) is 21.0. The van der Waals surface area contributed by atoms with Crippen LogP contribution in [0.25, 0.3) is 55.6 Å². The van der Waals surface area contributed by atoms with Gasteiger partial charge in [-0.3, -0.25) is 19.9 Å². The predicted octanol–water partition coefficient (Wildman–Crippen LogP) is 7.10. The van der Waals surface area contributed by atoms with Gasteiger partial charge in [-0.2, -0.15) is 5.10 Å². The van der Waals surface area contributed by atoms with Crippen LogP contribution >= 0.6 is 0 Å². The summed E-state index contributed by atoms with van der Waals surface area (Å²) in [6.07, 6.45) is 9.37. The number of H-pyrrole nitrogens is 2. The normalized spacial score (nSPS) is 13.9. The number of aromatic amines is 2.